The first kappa shape index (κ1) is 10.3. The van der Waals surface area contributed by atoms with E-state index in [9.17, 15) is 4.79 Å². The molecule has 0 aromatic carbocycles. The molecule has 2 atom stereocenters. The summed E-state index contributed by atoms with van der Waals surface area (Å²) in [5, 5.41) is 8.91. The third-order valence-electron chi connectivity index (χ3n) is 2.11. The minimum absolute atomic E-state index is 0.0550. The highest BCUT2D eigenvalue weighted by Crippen LogP contribution is 2.34. The maximum absolute atomic E-state index is 11.5. The van der Waals surface area contributed by atoms with Gasteiger partial charge >= 0.3 is 5.69 Å². The maximum atomic E-state index is 11.5. The van der Waals surface area contributed by atoms with Crippen LogP contribution in [0.5, 0.6) is 0 Å². The summed E-state index contributed by atoms with van der Waals surface area (Å²) in [6, 6.07) is 1.59. The van der Waals surface area contributed by atoms with Gasteiger partial charge in [-0.25, -0.2) is 4.79 Å². The lowest BCUT2D eigenvalue weighted by molar-refractivity contribution is 0.307. The molecule has 6 heteroatoms. The van der Waals surface area contributed by atoms with E-state index < -0.39 is 0 Å². The van der Waals surface area contributed by atoms with Gasteiger partial charge in [-0.05, 0) is 6.07 Å². The fourth-order valence-electron chi connectivity index (χ4n) is 1.37. The lowest BCUT2D eigenvalue weighted by atomic mass is 10.4. The lowest BCUT2D eigenvalue weighted by Crippen LogP contribution is -2.24. The van der Waals surface area contributed by atoms with Gasteiger partial charge < -0.3 is 10.8 Å². The van der Waals surface area contributed by atoms with E-state index in [1.807, 2.05) is 12.2 Å². The summed E-state index contributed by atoms with van der Waals surface area (Å²) in [5.41, 5.74) is 5.03. The van der Waals surface area contributed by atoms with E-state index in [0.717, 1.165) is 0 Å². The Labute approximate surface area is 90.6 Å². The van der Waals surface area contributed by atoms with Crippen molar-refractivity contribution in [1.82, 2.24) is 9.55 Å². The molecule has 1 aliphatic heterocycles. The van der Waals surface area contributed by atoms with Crippen molar-refractivity contribution in [2.45, 2.75) is 10.6 Å². The number of aliphatic hydroxyl groups excluding tert-OH is 1. The van der Waals surface area contributed by atoms with E-state index >= 15 is 0 Å². The van der Waals surface area contributed by atoms with Crippen molar-refractivity contribution in [2.24, 2.45) is 0 Å². The molecule has 0 amide bonds. The molecule has 0 unspecified atom stereocenters. The van der Waals surface area contributed by atoms with Crippen molar-refractivity contribution < 1.29 is 5.11 Å². The first-order valence-corrected chi connectivity index (χ1v) is 5.44. The van der Waals surface area contributed by atoms with E-state index in [2.05, 4.69) is 4.98 Å². The summed E-state index contributed by atoms with van der Waals surface area (Å²) in [5.74, 6) is 0.224. The highest BCUT2D eigenvalue weighted by atomic mass is 32.2. The highest BCUT2D eigenvalue weighted by molar-refractivity contribution is 8.00. The fourth-order valence-corrected chi connectivity index (χ4v) is 2.47. The van der Waals surface area contributed by atoms with Crippen LogP contribution in [0.3, 0.4) is 0 Å². The third kappa shape index (κ3) is 2.05. The predicted octanol–water partition coefficient (Wildman–Crippen LogP) is -0.0120. The number of aliphatic hydroxyl groups is 1. The minimum atomic E-state index is -0.365. The van der Waals surface area contributed by atoms with Crippen LogP contribution in [0.25, 0.3) is 0 Å². The van der Waals surface area contributed by atoms with Crippen LogP contribution >= 0.6 is 11.8 Å². The Morgan fingerprint density at radius 3 is 3.00 bits per heavy atom. The molecule has 80 valence electrons. The average Bonchev–Trinajstić information content (AvgIpc) is 2.66. The van der Waals surface area contributed by atoms with E-state index in [0.29, 0.717) is 0 Å². The standard InChI is InChI=1S/C9H11N3O2S/c10-7-3-4-12(9(14)11-7)8-2-1-6(5-13)15-8/h1-4,6,8,13H,5H2,(H2,10,11,14)/t6-,8+/m0/s1. The van der Waals surface area contributed by atoms with Gasteiger partial charge in [-0.2, -0.15) is 4.98 Å². The minimum Gasteiger partial charge on any atom is -0.395 e. The molecule has 2 heterocycles. The molecule has 5 nitrogen and oxygen atoms in total. The quantitative estimate of drug-likeness (QED) is 0.692. The molecule has 0 spiro atoms. The molecule has 15 heavy (non-hydrogen) atoms. The Morgan fingerprint density at radius 1 is 1.60 bits per heavy atom. The maximum Gasteiger partial charge on any atom is 0.350 e. The smallest absolute Gasteiger partial charge is 0.350 e. The summed E-state index contributed by atoms with van der Waals surface area (Å²) in [4.78, 5) is 15.1. The first-order valence-electron chi connectivity index (χ1n) is 4.50. The Balaban J connectivity index is 2.25. The molecule has 2 rings (SSSR count). The second-order valence-corrected chi connectivity index (χ2v) is 4.54. The lowest BCUT2D eigenvalue weighted by Gasteiger charge is -2.12. The van der Waals surface area contributed by atoms with Crippen LogP contribution in [-0.2, 0) is 0 Å². The first-order chi connectivity index (χ1) is 7.20. The van der Waals surface area contributed by atoms with E-state index in [-0.39, 0.29) is 28.7 Å². The molecule has 0 fully saturated rings. The van der Waals surface area contributed by atoms with E-state index in [4.69, 9.17) is 10.8 Å². The molecule has 1 aromatic rings. The topological polar surface area (TPSA) is 81.1 Å². The van der Waals surface area contributed by atoms with Crippen LogP contribution < -0.4 is 11.4 Å². The van der Waals surface area contributed by atoms with Crippen LogP contribution in [0.2, 0.25) is 0 Å². The highest BCUT2D eigenvalue weighted by Gasteiger charge is 2.20. The molecular weight excluding hydrogens is 214 g/mol. The number of thioether (sulfide) groups is 1. The zero-order chi connectivity index (χ0) is 10.8. The van der Waals surface area contributed by atoms with Gasteiger partial charge in [0.05, 0.1) is 6.61 Å². The number of anilines is 1. The molecule has 0 saturated heterocycles. The van der Waals surface area contributed by atoms with Crippen molar-refractivity contribution in [3.05, 3.63) is 34.9 Å². The van der Waals surface area contributed by atoms with Gasteiger partial charge in [-0.1, -0.05) is 12.2 Å². The number of rotatable bonds is 2. The van der Waals surface area contributed by atoms with Gasteiger partial charge in [0.25, 0.3) is 0 Å². The SMILES string of the molecule is Nc1ccn([C@H]2C=C[C@@H](CO)S2)c(=O)n1. The van der Waals surface area contributed by atoms with E-state index in [1.165, 1.54) is 16.3 Å². The Bertz CT molecular complexity index is 443. The molecule has 0 saturated carbocycles. The van der Waals surface area contributed by atoms with Crippen LogP contribution in [0, 0.1) is 0 Å². The summed E-state index contributed by atoms with van der Waals surface area (Å²) in [6.07, 6.45) is 5.38. The van der Waals surface area contributed by atoms with Crippen molar-refractivity contribution in [2.75, 3.05) is 12.3 Å². The van der Waals surface area contributed by atoms with Gasteiger partial charge in [0.1, 0.15) is 11.2 Å². The van der Waals surface area contributed by atoms with Crippen LogP contribution in [0.1, 0.15) is 5.37 Å². The van der Waals surface area contributed by atoms with Gasteiger partial charge in [0.2, 0.25) is 0 Å². The second-order valence-electron chi connectivity index (χ2n) is 3.17. The summed E-state index contributed by atoms with van der Waals surface area (Å²) >= 11 is 1.50. The van der Waals surface area contributed by atoms with Crippen molar-refractivity contribution in [3.63, 3.8) is 0 Å². The molecule has 0 bridgehead atoms. The normalized spacial score (nSPS) is 24.6. The molecule has 0 aliphatic carbocycles. The summed E-state index contributed by atoms with van der Waals surface area (Å²) in [7, 11) is 0. The van der Waals surface area contributed by atoms with Crippen molar-refractivity contribution in [1.29, 1.82) is 0 Å². The molecule has 1 aliphatic rings. The average molecular weight is 225 g/mol. The summed E-state index contributed by atoms with van der Waals surface area (Å²) < 4.78 is 1.49. The third-order valence-corrected chi connectivity index (χ3v) is 3.43. The monoisotopic (exact) mass is 225 g/mol. The number of hydrogen-bond acceptors (Lipinski definition) is 5. The molecular formula is C9H11N3O2S. The van der Waals surface area contributed by atoms with E-state index in [1.54, 1.807) is 12.3 Å². The van der Waals surface area contributed by atoms with Gasteiger partial charge in [-0.3, -0.25) is 4.57 Å². The molecule has 1 aromatic heterocycles. The van der Waals surface area contributed by atoms with Gasteiger partial charge in [0, 0.05) is 11.4 Å². The number of nitrogens with two attached hydrogens (primary N) is 1. The Kier molecular flexibility index (Phi) is 2.79. The van der Waals surface area contributed by atoms with Crippen molar-refractivity contribution >= 4 is 17.6 Å². The van der Waals surface area contributed by atoms with Gasteiger partial charge in [0.15, 0.2) is 0 Å². The molecule has 0 radical (unpaired) electrons. The molecule has 3 N–H and O–H groups in total. The number of hydrogen-bond donors (Lipinski definition) is 2. The van der Waals surface area contributed by atoms with Gasteiger partial charge in [-0.15, -0.1) is 11.8 Å². The zero-order valence-corrected chi connectivity index (χ0v) is 8.72. The number of nitrogen functional groups attached to an aromatic ring is 1. The fraction of sp³-hybridized carbons (Fsp3) is 0.333. The Hall–Kier alpha value is -1.27. The number of aromatic nitrogens is 2. The second kappa shape index (κ2) is 4.08. The van der Waals surface area contributed by atoms with Crippen LogP contribution in [0.15, 0.2) is 29.2 Å². The van der Waals surface area contributed by atoms with Crippen molar-refractivity contribution in [3.8, 4) is 0 Å². The van der Waals surface area contributed by atoms with Crippen LogP contribution in [-0.4, -0.2) is 26.5 Å². The Morgan fingerprint density at radius 2 is 2.40 bits per heavy atom. The van der Waals surface area contributed by atoms with Crippen LogP contribution in [0.4, 0.5) is 5.82 Å². The predicted molar refractivity (Wildman–Crippen MR) is 59.6 cm³/mol. The summed E-state index contributed by atoms with van der Waals surface area (Å²) in [6.45, 7) is 0.0782. The number of nitrogens with zero attached hydrogens (tertiary/aromatic N) is 2. The zero-order valence-electron chi connectivity index (χ0n) is 7.91. The largest absolute Gasteiger partial charge is 0.395 e.